The van der Waals surface area contributed by atoms with E-state index in [9.17, 15) is 4.79 Å². The summed E-state index contributed by atoms with van der Waals surface area (Å²) < 4.78 is 17.2. The van der Waals surface area contributed by atoms with Gasteiger partial charge in [0.15, 0.2) is 11.5 Å². The van der Waals surface area contributed by atoms with E-state index in [1.54, 1.807) is 7.11 Å². The van der Waals surface area contributed by atoms with Crippen LogP contribution in [-0.2, 0) is 22.7 Å². The van der Waals surface area contributed by atoms with Gasteiger partial charge in [-0.3, -0.25) is 9.69 Å². The topological polar surface area (TPSA) is 51.2 Å². The highest BCUT2D eigenvalue weighted by Crippen LogP contribution is 2.30. The maximum Gasteiger partial charge on any atom is 0.226 e. The Morgan fingerprint density at radius 1 is 1.06 bits per heavy atom. The van der Waals surface area contributed by atoms with E-state index in [0.29, 0.717) is 31.2 Å². The molecule has 2 aromatic rings. The third-order valence-corrected chi connectivity index (χ3v) is 6.69. The number of ether oxygens (including phenoxy) is 3. The number of carbonyl (C=O) groups excluding carboxylic acids is 1. The predicted octanol–water partition coefficient (Wildman–Crippen LogP) is 5.15. The van der Waals surface area contributed by atoms with Crippen molar-refractivity contribution in [3.05, 3.63) is 59.7 Å². The molecule has 0 aliphatic carbocycles. The number of methoxy groups -OCH3 is 1. The van der Waals surface area contributed by atoms with Gasteiger partial charge in [0.25, 0.3) is 0 Å². The second-order valence-electron chi connectivity index (χ2n) is 9.22. The molecule has 0 radical (unpaired) electrons. The van der Waals surface area contributed by atoms with Crippen molar-refractivity contribution < 1.29 is 19.0 Å². The van der Waals surface area contributed by atoms with E-state index in [2.05, 4.69) is 18.7 Å². The first-order valence-corrected chi connectivity index (χ1v) is 13.1. The van der Waals surface area contributed by atoms with Crippen molar-refractivity contribution in [1.82, 2.24) is 9.80 Å². The highest BCUT2D eigenvalue weighted by atomic mass is 16.5. The van der Waals surface area contributed by atoms with Gasteiger partial charge in [-0.15, -0.1) is 0 Å². The maximum absolute atomic E-state index is 13.6. The first kappa shape index (κ1) is 27.0. The van der Waals surface area contributed by atoms with Crippen LogP contribution in [-0.4, -0.2) is 62.2 Å². The molecule has 3 rings (SSSR count). The van der Waals surface area contributed by atoms with Crippen molar-refractivity contribution in [2.45, 2.75) is 52.7 Å². The molecule has 2 aromatic carbocycles. The quantitative estimate of drug-likeness (QED) is 0.373. The Bertz CT molecular complexity index is 884. The van der Waals surface area contributed by atoms with Crippen LogP contribution >= 0.6 is 0 Å². The minimum Gasteiger partial charge on any atom is -0.493 e. The van der Waals surface area contributed by atoms with Crippen LogP contribution in [0.1, 0.15) is 50.7 Å². The van der Waals surface area contributed by atoms with E-state index in [-0.39, 0.29) is 11.8 Å². The molecule has 1 unspecified atom stereocenters. The molecule has 0 saturated carbocycles. The van der Waals surface area contributed by atoms with E-state index in [4.69, 9.17) is 14.2 Å². The first-order chi connectivity index (χ1) is 17.1. The summed E-state index contributed by atoms with van der Waals surface area (Å²) in [6, 6.07) is 16.1. The lowest BCUT2D eigenvalue weighted by atomic mass is 9.97. The Balaban J connectivity index is 1.74. The van der Waals surface area contributed by atoms with Crippen LogP contribution in [0, 0.1) is 5.92 Å². The van der Waals surface area contributed by atoms with Crippen LogP contribution in [0.3, 0.4) is 0 Å². The van der Waals surface area contributed by atoms with Gasteiger partial charge in [-0.25, -0.2) is 0 Å². The number of morpholine rings is 1. The molecule has 1 heterocycles. The molecule has 35 heavy (non-hydrogen) atoms. The van der Waals surface area contributed by atoms with E-state index in [0.717, 1.165) is 69.7 Å². The lowest BCUT2D eigenvalue weighted by molar-refractivity contribution is -0.137. The van der Waals surface area contributed by atoms with E-state index in [1.165, 1.54) is 0 Å². The summed E-state index contributed by atoms with van der Waals surface area (Å²) in [5.74, 6) is 1.74. The third-order valence-electron chi connectivity index (χ3n) is 6.69. The van der Waals surface area contributed by atoms with Gasteiger partial charge >= 0.3 is 0 Å². The smallest absolute Gasteiger partial charge is 0.226 e. The molecule has 0 aromatic heterocycles. The molecular weight excluding hydrogens is 440 g/mol. The van der Waals surface area contributed by atoms with Crippen molar-refractivity contribution >= 4 is 5.91 Å². The van der Waals surface area contributed by atoms with Crippen LogP contribution in [0.2, 0.25) is 0 Å². The summed E-state index contributed by atoms with van der Waals surface area (Å²) in [4.78, 5) is 18.0. The fourth-order valence-corrected chi connectivity index (χ4v) is 4.45. The number of nitrogens with zero attached hydrogens (tertiary/aromatic N) is 2. The average molecular weight is 483 g/mol. The molecule has 1 saturated heterocycles. The van der Waals surface area contributed by atoms with Gasteiger partial charge in [0, 0.05) is 38.6 Å². The number of benzene rings is 2. The zero-order valence-electron chi connectivity index (χ0n) is 21.7. The fourth-order valence-electron chi connectivity index (χ4n) is 4.45. The summed E-state index contributed by atoms with van der Waals surface area (Å²) in [5.41, 5.74) is 2.15. The molecule has 192 valence electrons. The van der Waals surface area contributed by atoms with Gasteiger partial charge in [-0.05, 0) is 36.1 Å². The Morgan fingerprint density at radius 3 is 2.51 bits per heavy atom. The van der Waals surface area contributed by atoms with Gasteiger partial charge in [-0.1, -0.05) is 63.1 Å². The molecule has 0 N–H and O–H groups in total. The highest BCUT2D eigenvalue weighted by Gasteiger charge is 2.24. The van der Waals surface area contributed by atoms with Crippen LogP contribution in [0.25, 0.3) is 0 Å². The van der Waals surface area contributed by atoms with Gasteiger partial charge in [0.2, 0.25) is 5.91 Å². The highest BCUT2D eigenvalue weighted by molar-refractivity contribution is 5.78. The largest absolute Gasteiger partial charge is 0.493 e. The molecule has 1 aliphatic heterocycles. The van der Waals surface area contributed by atoms with Crippen LogP contribution in [0.4, 0.5) is 0 Å². The number of unbranched alkanes of at least 4 members (excludes halogenated alkanes) is 1. The zero-order valence-corrected chi connectivity index (χ0v) is 21.7. The van der Waals surface area contributed by atoms with Gasteiger partial charge < -0.3 is 19.1 Å². The van der Waals surface area contributed by atoms with E-state index >= 15 is 0 Å². The van der Waals surface area contributed by atoms with Crippen molar-refractivity contribution in [1.29, 1.82) is 0 Å². The minimum atomic E-state index is 0.0756. The summed E-state index contributed by atoms with van der Waals surface area (Å²) in [6.45, 7) is 10.3. The van der Waals surface area contributed by atoms with E-state index < -0.39 is 0 Å². The van der Waals surface area contributed by atoms with E-state index in [1.807, 2.05) is 53.4 Å². The zero-order chi connectivity index (χ0) is 24.9. The van der Waals surface area contributed by atoms with Crippen molar-refractivity contribution in [3.63, 3.8) is 0 Å². The number of hydrogen-bond acceptors (Lipinski definition) is 5. The van der Waals surface area contributed by atoms with Crippen LogP contribution < -0.4 is 9.47 Å². The second-order valence-corrected chi connectivity index (χ2v) is 9.22. The third kappa shape index (κ3) is 8.55. The molecule has 1 amide bonds. The molecule has 1 aliphatic rings. The number of carbonyl (C=O) groups is 1. The monoisotopic (exact) mass is 482 g/mol. The van der Waals surface area contributed by atoms with Gasteiger partial charge in [0.1, 0.15) is 6.61 Å². The molecular formula is C29H42N2O4. The lowest BCUT2D eigenvalue weighted by Gasteiger charge is -2.32. The fraction of sp³-hybridized carbons (Fsp3) is 0.552. The summed E-state index contributed by atoms with van der Waals surface area (Å²) >= 11 is 0. The summed E-state index contributed by atoms with van der Waals surface area (Å²) in [6.07, 6.45) is 4.02. The SMILES string of the molecule is CCCCC(CC)C(=O)N(CCN1CCOCC1)Cc1ccc(OC)c(OCc2ccccc2)c1. The minimum absolute atomic E-state index is 0.0756. The van der Waals surface area contributed by atoms with Gasteiger partial charge in [0.05, 0.1) is 20.3 Å². The normalized spacial score (nSPS) is 14.9. The average Bonchev–Trinajstić information content (AvgIpc) is 2.91. The Kier molecular flexibility index (Phi) is 11.4. The number of amides is 1. The number of rotatable bonds is 14. The maximum atomic E-state index is 13.6. The Labute approximate surface area is 211 Å². The van der Waals surface area contributed by atoms with Crippen LogP contribution in [0.15, 0.2) is 48.5 Å². The molecule has 1 fully saturated rings. The van der Waals surface area contributed by atoms with Crippen LogP contribution in [0.5, 0.6) is 11.5 Å². The molecule has 6 nitrogen and oxygen atoms in total. The second kappa shape index (κ2) is 14.7. The molecule has 0 spiro atoms. The Morgan fingerprint density at radius 2 is 1.83 bits per heavy atom. The standard InChI is InChI=1S/C29H42N2O4/c1-4-6-12-26(5-2)29(32)31(16-15-30-17-19-34-20-18-30)22-25-13-14-27(33-3)28(21-25)35-23-24-10-8-7-9-11-24/h7-11,13-14,21,26H,4-6,12,15-20,22-23H2,1-3H3. The van der Waals surface area contributed by atoms with Crippen molar-refractivity contribution in [3.8, 4) is 11.5 Å². The Hall–Kier alpha value is -2.57. The molecule has 1 atom stereocenters. The summed E-state index contributed by atoms with van der Waals surface area (Å²) in [5, 5.41) is 0. The number of hydrogen-bond donors (Lipinski definition) is 0. The lowest BCUT2D eigenvalue weighted by Crippen LogP contribution is -2.44. The molecule has 0 bridgehead atoms. The summed E-state index contributed by atoms with van der Waals surface area (Å²) in [7, 11) is 1.65. The first-order valence-electron chi connectivity index (χ1n) is 13.1. The van der Waals surface area contributed by atoms with Crippen molar-refractivity contribution in [2.24, 2.45) is 5.92 Å². The predicted molar refractivity (Wildman–Crippen MR) is 140 cm³/mol. The molecule has 6 heteroatoms. The van der Waals surface area contributed by atoms with Crippen molar-refractivity contribution in [2.75, 3.05) is 46.5 Å². The van der Waals surface area contributed by atoms with Gasteiger partial charge in [-0.2, -0.15) is 0 Å².